The Morgan fingerprint density at radius 3 is 2.96 bits per heavy atom. The molecule has 1 aliphatic rings. The summed E-state index contributed by atoms with van der Waals surface area (Å²) in [4.78, 5) is 14.7. The highest BCUT2D eigenvalue weighted by atomic mass is 16.4. The Balaban J connectivity index is 1.69. The number of aliphatic hydroxyl groups is 1. The van der Waals surface area contributed by atoms with Crippen LogP contribution < -0.4 is 5.32 Å². The second-order valence-electron chi connectivity index (χ2n) is 6.65. The molecule has 0 bridgehead atoms. The van der Waals surface area contributed by atoms with Crippen LogP contribution in [0.15, 0.2) is 41.0 Å². The van der Waals surface area contributed by atoms with Crippen LogP contribution in [-0.2, 0) is 6.42 Å². The highest BCUT2D eigenvalue weighted by Crippen LogP contribution is 2.29. The summed E-state index contributed by atoms with van der Waals surface area (Å²) < 4.78 is 5.27. The van der Waals surface area contributed by atoms with E-state index in [0.29, 0.717) is 18.7 Å². The first kappa shape index (κ1) is 17.5. The van der Waals surface area contributed by atoms with Gasteiger partial charge in [0.2, 0.25) is 0 Å². The molecule has 2 aromatic rings. The Morgan fingerprint density at radius 2 is 2.24 bits per heavy atom. The Kier molecular flexibility index (Phi) is 5.43. The first-order chi connectivity index (χ1) is 12.1. The fourth-order valence-electron chi connectivity index (χ4n) is 3.58. The summed E-state index contributed by atoms with van der Waals surface area (Å²) in [5.41, 5.74) is 3.12. The number of furan rings is 1. The van der Waals surface area contributed by atoms with E-state index >= 15 is 0 Å². The van der Waals surface area contributed by atoms with E-state index in [2.05, 4.69) is 12.2 Å². The van der Waals surface area contributed by atoms with Gasteiger partial charge in [-0.2, -0.15) is 0 Å². The molecule has 0 spiro atoms. The maximum Gasteiger partial charge on any atom is 0.322 e. The van der Waals surface area contributed by atoms with Crippen LogP contribution in [0.5, 0.6) is 0 Å². The largest absolute Gasteiger partial charge is 0.467 e. The number of aryl methyl sites for hydroxylation is 2. The molecule has 0 aliphatic carbocycles. The van der Waals surface area contributed by atoms with Gasteiger partial charge in [-0.25, -0.2) is 4.79 Å². The number of urea groups is 1. The highest BCUT2D eigenvalue weighted by Gasteiger charge is 2.31. The van der Waals surface area contributed by atoms with Crippen LogP contribution in [0.25, 0.3) is 0 Å². The number of benzene rings is 1. The SMILES string of the molecule is CCc1cccc(C)c1NC(=O)N1CCCC1CC(O)c1ccco1. The summed E-state index contributed by atoms with van der Waals surface area (Å²) in [5.74, 6) is 0.555. The molecule has 5 heteroatoms. The van der Waals surface area contributed by atoms with Gasteiger partial charge in [-0.1, -0.05) is 25.1 Å². The average Bonchev–Trinajstić information content (AvgIpc) is 3.28. The molecule has 2 unspecified atom stereocenters. The van der Waals surface area contributed by atoms with Gasteiger partial charge in [0.15, 0.2) is 0 Å². The number of hydrogen-bond acceptors (Lipinski definition) is 3. The third-order valence-electron chi connectivity index (χ3n) is 4.98. The number of nitrogens with zero attached hydrogens (tertiary/aromatic N) is 1. The maximum atomic E-state index is 12.8. The Labute approximate surface area is 148 Å². The first-order valence-electron chi connectivity index (χ1n) is 8.97. The van der Waals surface area contributed by atoms with E-state index in [0.717, 1.165) is 36.1 Å². The zero-order valence-corrected chi connectivity index (χ0v) is 14.9. The number of carbonyl (C=O) groups excluding carboxylic acids is 1. The lowest BCUT2D eigenvalue weighted by atomic mass is 10.0. The van der Waals surface area contributed by atoms with Crippen molar-refractivity contribution in [2.75, 3.05) is 11.9 Å². The minimum Gasteiger partial charge on any atom is -0.467 e. The summed E-state index contributed by atoms with van der Waals surface area (Å²) in [6.07, 6.45) is 4.10. The number of para-hydroxylation sites is 1. The molecule has 2 N–H and O–H groups in total. The molecule has 2 amide bonds. The van der Waals surface area contributed by atoms with Crippen LogP contribution in [0.1, 0.15) is 49.2 Å². The lowest BCUT2D eigenvalue weighted by molar-refractivity contribution is 0.110. The van der Waals surface area contributed by atoms with E-state index in [1.165, 1.54) is 0 Å². The molecule has 1 saturated heterocycles. The molecule has 0 saturated carbocycles. The van der Waals surface area contributed by atoms with Gasteiger partial charge in [-0.15, -0.1) is 0 Å². The third kappa shape index (κ3) is 3.87. The maximum absolute atomic E-state index is 12.8. The van der Waals surface area contributed by atoms with Crippen LogP contribution in [0.4, 0.5) is 10.5 Å². The summed E-state index contributed by atoms with van der Waals surface area (Å²) in [5, 5.41) is 13.4. The van der Waals surface area contributed by atoms with Crippen LogP contribution in [-0.4, -0.2) is 28.6 Å². The van der Waals surface area contributed by atoms with Crippen molar-refractivity contribution in [2.45, 2.75) is 51.7 Å². The van der Waals surface area contributed by atoms with Gasteiger partial charge in [0, 0.05) is 24.7 Å². The van der Waals surface area contributed by atoms with Gasteiger partial charge < -0.3 is 19.7 Å². The van der Waals surface area contributed by atoms with Crippen molar-refractivity contribution >= 4 is 11.7 Å². The summed E-state index contributed by atoms with van der Waals surface area (Å²) in [7, 11) is 0. The molecule has 1 aromatic carbocycles. The number of amides is 2. The number of aliphatic hydroxyl groups excluding tert-OH is 1. The molecule has 1 aromatic heterocycles. The van der Waals surface area contributed by atoms with Crippen molar-refractivity contribution < 1.29 is 14.3 Å². The van der Waals surface area contributed by atoms with Gasteiger partial charge in [-0.3, -0.25) is 0 Å². The highest BCUT2D eigenvalue weighted by molar-refractivity contribution is 5.91. The Bertz CT molecular complexity index is 712. The number of rotatable bonds is 5. The fourth-order valence-corrected chi connectivity index (χ4v) is 3.58. The normalized spacial score (nSPS) is 18.4. The number of likely N-dealkylation sites (tertiary alicyclic amines) is 1. The fraction of sp³-hybridized carbons (Fsp3) is 0.450. The summed E-state index contributed by atoms with van der Waals surface area (Å²) in [6.45, 7) is 4.81. The number of nitrogens with one attached hydrogen (secondary N) is 1. The van der Waals surface area contributed by atoms with Crippen LogP contribution in [0.2, 0.25) is 0 Å². The third-order valence-corrected chi connectivity index (χ3v) is 4.98. The smallest absolute Gasteiger partial charge is 0.322 e. The van der Waals surface area contributed by atoms with Crippen LogP contribution in [0, 0.1) is 6.92 Å². The number of anilines is 1. The molecule has 2 atom stereocenters. The zero-order valence-electron chi connectivity index (χ0n) is 14.9. The van der Waals surface area contributed by atoms with Crippen LogP contribution in [0.3, 0.4) is 0 Å². The minimum atomic E-state index is -0.682. The molecule has 5 nitrogen and oxygen atoms in total. The molecule has 134 valence electrons. The monoisotopic (exact) mass is 342 g/mol. The minimum absolute atomic E-state index is 0.0224. The molecular formula is C20H26N2O3. The predicted octanol–water partition coefficient (Wildman–Crippen LogP) is 4.27. The van der Waals surface area contributed by atoms with Crippen molar-refractivity contribution in [1.29, 1.82) is 0 Å². The number of carbonyl (C=O) groups is 1. The van der Waals surface area contributed by atoms with E-state index in [-0.39, 0.29) is 12.1 Å². The second-order valence-corrected chi connectivity index (χ2v) is 6.65. The lowest BCUT2D eigenvalue weighted by Gasteiger charge is -2.27. The van der Waals surface area contributed by atoms with E-state index < -0.39 is 6.10 Å². The van der Waals surface area contributed by atoms with E-state index in [4.69, 9.17) is 4.42 Å². The Hall–Kier alpha value is -2.27. The van der Waals surface area contributed by atoms with Crippen molar-refractivity contribution in [3.8, 4) is 0 Å². The van der Waals surface area contributed by atoms with E-state index in [1.807, 2.05) is 30.0 Å². The first-order valence-corrected chi connectivity index (χ1v) is 8.97. The Morgan fingerprint density at radius 1 is 1.40 bits per heavy atom. The average molecular weight is 342 g/mol. The van der Waals surface area contributed by atoms with E-state index in [9.17, 15) is 9.90 Å². The van der Waals surface area contributed by atoms with Gasteiger partial charge >= 0.3 is 6.03 Å². The zero-order chi connectivity index (χ0) is 17.8. The van der Waals surface area contributed by atoms with Crippen molar-refractivity contribution in [3.05, 3.63) is 53.5 Å². The molecule has 0 radical (unpaired) electrons. The number of hydrogen-bond donors (Lipinski definition) is 2. The topological polar surface area (TPSA) is 65.7 Å². The predicted molar refractivity (Wildman–Crippen MR) is 97.6 cm³/mol. The van der Waals surface area contributed by atoms with E-state index in [1.54, 1.807) is 18.4 Å². The quantitative estimate of drug-likeness (QED) is 0.853. The van der Waals surface area contributed by atoms with Crippen molar-refractivity contribution in [3.63, 3.8) is 0 Å². The summed E-state index contributed by atoms with van der Waals surface area (Å²) in [6, 6.07) is 9.55. The summed E-state index contributed by atoms with van der Waals surface area (Å²) >= 11 is 0. The molecule has 2 heterocycles. The van der Waals surface area contributed by atoms with Gasteiger partial charge in [0.25, 0.3) is 0 Å². The molecule has 3 rings (SSSR count). The second kappa shape index (κ2) is 7.74. The molecular weight excluding hydrogens is 316 g/mol. The molecule has 1 aliphatic heterocycles. The standard InChI is InChI=1S/C20H26N2O3/c1-3-15-8-4-7-14(2)19(15)21-20(24)22-11-5-9-16(22)13-17(23)18-10-6-12-25-18/h4,6-8,10,12,16-17,23H,3,5,9,11,13H2,1-2H3,(H,21,24). The van der Waals surface area contributed by atoms with Gasteiger partial charge in [0.1, 0.15) is 11.9 Å². The molecule has 25 heavy (non-hydrogen) atoms. The van der Waals surface area contributed by atoms with Gasteiger partial charge in [0.05, 0.1) is 6.26 Å². The van der Waals surface area contributed by atoms with Gasteiger partial charge in [-0.05, 0) is 49.4 Å². The lowest BCUT2D eigenvalue weighted by Crippen LogP contribution is -2.39. The van der Waals surface area contributed by atoms with Crippen LogP contribution >= 0.6 is 0 Å². The molecule has 1 fully saturated rings. The van der Waals surface area contributed by atoms with Crippen molar-refractivity contribution in [2.24, 2.45) is 0 Å². The van der Waals surface area contributed by atoms with Crippen molar-refractivity contribution in [1.82, 2.24) is 4.90 Å².